The second kappa shape index (κ2) is 11.7. The van der Waals surface area contributed by atoms with E-state index in [0.717, 1.165) is 17.3 Å². The van der Waals surface area contributed by atoms with Crippen molar-refractivity contribution in [2.45, 2.75) is 32.6 Å². The monoisotopic (exact) mass is 573 g/mol. The number of sulfonamides is 1. The summed E-state index contributed by atoms with van der Waals surface area (Å²) in [6.45, 7) is 9.36. The summed E-state index contributed by atoms with van der Waals surface area (Å²) >= 11 is 0. The van der Waals surface area contributed by atoms with E-state index in [4.69, 9.17) is 4.74 Å². The average Bonchev–Trinajstić information content (AvgIpc) is 3.25. The number of hydrogen-bond donors (Lipinski definition) is 2. The Bertz CT molecular complexity index is 1530. The van der Waals surface area contributed by atoms with E-state index < -0.39 is 21.8 Å². The van der Waals surface area contributed by atoms with Crippen LogP contribution in [0.4, 0.5) is 10.1 Å². The Hall–Kier alpha value is -3.81. The average molecular weight is 574 g/mol. The highest BCUT2D eigenvalue weighted by molar-refractivity contribution is 7.89. The minimum Gasteiger partial charge on any atom is -0.476 e. The Morgan fingerprint density at radius 2 is 1.82 bits per heavy atom. The lowest BCUT2D eigenvalue weighted by atomic mass is 10.2. The van der Waals surface area contributed by atoms with Gasteiger partial charge in [-0.25, -0.2) is 17.6 Å². The predicted molar refractivity (Wildman–Crippen MR) is 146 cm³/mol. The van der Waals surface area contributed by atoms with Crippen molar-refractivity contribution < 1.29 is 32.2 Å². The lowest BCUT2D eigenvalue weighted by Gasteiger charge is -2.33. The molecular formula is C27H32FN5O6S. The number of piperazine rings is 1. The molecule has 1 aliphatic rings. The van der Waals surface area contributed by atoms with E-state index in [0.29, 0.717) is 13.1 Å². The van der Waals surface area contributed by atoms with Crippen molar-refractivity contribution in [3.63, 3.8) is 0 Å². The highest BCUT2D eigenvalue weighted by Crippen LogP contribution is 2.37. The first-order valence-electron chi connectivity index (χ1n) is 12.9. The van der Waals surface area contributed by atoms with Crippen LogP contribution in [0.25, 0.3) is 5.69 Å². The molecule has 3 aromatic rings. The van der Waals surface area contributed by atoms with Crippen LogP contribution in [0.2, 0.25) is 0 Å². The second-order valence-electron chi connectivity index (χ2n) is 9.72. The third kappa shape index (κ3) is 6.01. The summed E-state index contributed by atoms with van der Waals surface area (Å²) in [4.78, 5) is 26.2. The number of aromatic nitrogens is 2. The number of nitrogens with one attached hydrogen (secondary N) is 1. The molecule has 1 amide bonds. The maximum Gasteiger partial charge on any atom is 0.356 e. The molecule has 1 saturated heterocycles. The molecule has 40 heavy (non-hydrogen) atoms. The van der Waals surface area contributed by atoms with Crippen molar-refractivity contribution in [2.75, 3.05) is 38.0 Å². The van der Waals surface area contributed by atoms with Crippen LogP contribution in [0.1, 0.15) is 36.8 Å². The van der Waals surface area contributed by atoms with Crippen molar-refractivity contribution in [1.29, 1.82) is 0 Å². The molecule has 13 heteroatoms. The summed E-state index contributed by atoms with van der Waals surface area (Å²) in [6.07, 6.45) is 0. The van der Waals surface area contributed by atoms with Gasteiger partial charge in [0, 0.05) is 43.3 Å². The van der Waals surface area contributed by atoms with Gasteiger partial charge in [-0.05, 0) is 49.9 Å². The van der Waals surface area contributed by atoms with Crippen LogP contribution in [0.15, 0.2) is 47.4 Å². The Morgan fingerprint density at radius 3 is 2.42 bits per heavy atom. The molecule has 0 aliphatic carbocycles. The van der Waals surface area contributed by atoms with Crippen LogP contribution in [-0.2, 0) is 14.8 Å². The highest BCUT2D eigenvalue weighted by atomic mass is 32.2. The zero-order chi connectivity index (χ0) is 29.2. The van der Waals surface area contributed by atoms with Crippen LogP contribution in [0.5, 0.6) is 11.6 Å². The maximum atomic E-state index is 14.0. The number of likely N-dealkylation sites (N-methyl/N-ethyl adjacent to an activating group) is 1. The van der Waals surface area contributed by atoms with E-state index in [1.807, 2.05) is 6.92 Å². The van der Waals surface area contributed by atoms with Crippen LogP contribution in [0.3, 0.4) is 0 Å². The van der Waals surface area contributed by atoms with Gasteiger partial charge in [-0.1, -0.05) is 26.8 Å². The van der Waals surface area contributed by atoms with Crippen LogP contribution >= 0.6 is 0 Å². The summed E-state index contributed by atoms with van der Waals surface area (Å²) in [5.41, 5.74) is 0.235. The number of halogens is 1. The maximum absolute atomic E-state index is 14.0. The quantitative estimate of drug-likeness (QED) is 0.396. The molecule has 2 heterocycles. The number of aromatic carboxylic acids is 1. The molecule has 0 atom stereocenters. The molecule has 0 radical (unpaired) electrons. The third-order valence-corrected chi connectivity index (χ3v) is 8.58. The molecule has 1 fully saturated rings. The molecule has 2 N–H and O–H groups in total. The fraction of sp³-hybridized carbons (Fsp3) is 0.370. The molecular weight excluding hydrogens is 541 g/mol. The van der Waals surface area contributed by atoms with Gasteiger partial charge in [0.2, 0.25) is 21.8 Å². The molecule has 0 spiro atoms. The first kappa shape index (κ1) is 29.2. The number of rotatable bonds is 9. The van der Waals surface area contributed by atoms with Crippen molar-refractivity contribution in [1.82, 2.24) is 19.0 Å². The Labute approximate surface area is 232 Å². The van der Waals surface area contributed by atoms with Gasteiger partial charge in [0.05, 0.1) is 5.69 Å². The number of carbonyl (C=O) groups is 2. The van der Waals surface area contributed by atoms with Gasteiger partial charge in [0.1, 0.15) is 16.5 Å². The van der Waals surface area contributed by atoms with Gasteiger partial charge in [-0.2, -0.15) is 14.1 Å². The van der Waals surface area contributed by atoms with E-state index in [2.05, 4.69) is 15.3 Å². The number of hydrogen-bond acceptors (Lipinski definition) is 7. The SMILES string of the molecule is CCN1CCN(S(=O)(=O)c2cc(NC(=O)C(C)C)ccc2Oc2c(C)c(C(=O)O)nn2-c2cccc(F)c2)CC1. The topological polar surface area (TPSA) is 134 Å². The highest BCUT2D eigenvalue weighted by Gasteiger charge is 2.32. The minimum absolute atomic E-state index is 0.0887. The molecule has 1 aliphatic heterocycles. The lowest BCUT2D eigenvalue weighted by molar-refractivity contribution is -0.118. The summed E-state index contributed by atoms with van der Waals surface area (Å²) < 4.78 is 50.4. The van der Waals surface area contributed by atoms with Gasteiger partial charge in [0.25, 0.3) is 0 Å². The smallest absolute Gasteiger partial charge is 0.356 e. The third-order valence-electron chi connectivity index (χ3n) is 6.66. The zero-order valence-electron chi connectivity index (χ0n) is 22.7. The van der Waals surface area contributed by atoms with Crippen LogP contribution < -0.4 is 10.1 Å². The number of carboxylic acid groups (broad SMARTS) is 1. The number of carbonyl (C=O) groups excluding carboxylic acids is 1. The Kier molecular flexibility index (Phi) is 8.57. The number of amides is 1. The van der Waals surface area contributed by atoms with E-state index in [1.165, 1.54) is 47.6 Å². The lowest BCUT2D eigenvalue weighted by Crippen LogP contribution is -2.48. The zero-order valence-corrected chi connectivity index (χ0v) is 23.5. The number of anilines is 1. The van der Waals surface area contributed by atoms with Crippen molar-refractivity contribution in [2.24, 2.45) is 5.92 Å². The van der Waals surface area contributed by atoms with E-state index in [1.54, 1.807) is 13.8 Å². The first-order valence-corrected chi connectivity index (χ1v) is 14.3. The molecule has 2 aromatic carbocycles. The number of carboxylic acids is 1. The van der Waals surface area contributed by atoms with Crippen molar-refractivity contribution in [3.05, 3.63) is 59.5 Å². The van der Waals surface area contributed by atoms with Gasteiger partial charge in [-0.3, -0.25) is 4.79 Å². The molecule has 0 saturated carbocycles. The normalized spacial score (nSPS) is 14.8. The number of ether oxygens (including phenoxy) is 1. The molecule has 11 nitrogen and oxygen atoms in total. The standard InChI is InChI=1S/C27H32FN5O6S/c1-5-31-11-13-32(14-12-31)40(37,38)23-16-20(29-25(34)17(2)3)9-10-22(23)39-26-18(4)24(27(35)36)30-33(26)21-8-6-7-19(28)15-21/h6-10,15-17H,5,11-14H2,1-4H3,(H,29,34)(H,35,36). The van der Waals surface area contributed by atoms with E-state index >= 15 is 0 Å². The predicted octanol–water partition coefficient (Wildman–Crippen LogP) is 3.73. The first-order chi connectivity index (χ1) is 18.9. The Morgan fingerprint density at radius 1 is 1.12 bits per heavy atom. The van der Waals surface area contributed by atoms with E-state index in [-0.39, 0.29) is 64.1 Å². The van der Waals surface area contributed by atoms with Crippen molar-refractivity contribution >= 4 is 27.6 Å². The summed E-state index contributed by atoms with van der Waals surface area (Å²) in [5, 5.41) is 16.5. The van der Waals surface area contributed by atoms with Gasteiger partial charge >= 0.3 is 5.97 Å². The van der Waals surface area contributed by atoms with Gasteiger partial charge in [0.15, 0.2) is 5.69 Å². The molecule has 1 aromatic heterocycles. The fourth-order valence-electron chi connectivity index (χ4n) is 4.27. The van der Waals surface area contributed by atoms with Gasteiger partial charge in [-0.15, -0.1) is 0 Å². The fourth-order valence-corrected chi connectivity index (χ4v) is 5.84. The summed E-state index contributed by atoms with van der Waals surface area (Å²) in [7, 11) is -4.11. The molecule has 0 bridgehead atoms. The van der Waals surface area contributed by atoms with Gasteiger partial charge < -0.3 is 20.1 Å². The summed E-state index contributed by atoms with van der Waals surface area (Å²) in [5.74, 6) is -2.72. The van der Waals surface area contributed by atoms with Crippen molar-refractivity contribution in [3.8, 4) is 17.3 Å². The summed E-state index contributed by atoms with van der Waals surface area (Å²) in [6, 6.07) is 9.56. The van der Waals surface area contributed by atoms with Crippen LogP contribution in [0, 0.1) is 18.7 Å². The van der Waals surface area contributed by atoms with E-state index in [9.17, 15) is 27.5 Å². The van der Waals surface area contributed by atoms with Crippen LogP contribution in [-0.4, -0.2) is 77.1 Å². The number of nitrogens with zero attached hydrogens (tertiary/aromatic N) is 4. The largest absolute Gasteiger partial charge is 0.476 e. The molecule has 0 unspecified atom stereocenters. The Balaban J connectivity index is 1.83. The second-order valence-corrected chi connectivity index (χ2v) is 11.6. The minimum atomic E-state index is -4.11. The molecule has 214 valence electrons. The number of benzene rings is 2. The molecule has 4 rings (SSSR count).